The van der Waals surface area contributed by atoms with Gasteiger partial charge in [-0.3, -0.25) is 4.90 Å². The number of likely N-dealkylation sites (tertiary alicyclic amines) is 1. The van der Waals surface area contributed by atoms with Crippen LogP contribution in [0.25, 0.3) is 0 Å². The van der Waals surface area contributed by atoms with E-state index in [9.17, 15) is 14.4 Å². The Morgan fingerprint density at radius 2 is 1.94 bits per heavy atom. The molecule has 0 bridgehead atoms. The van der Waals surface area contributed by atoms with Gasteiger partial charge >= 0.3 is 18.0 Å². The minimum Gasteiger partial charge on any atom is -0.468 e. The van der Waals surface area contributed by atoms with Gasteiger partial charge in [-0.25, -0.2) is 14.4 Å². The molecule has 0 radical (unpaired) electrons. The van der Waals surface area contributed by atoms with Gasteiger partial charge in [-0.1, -0.05) is 29.8 Å². The molecule has 1 aliphatic heterocycles. The fourth-order valence-corrected chi connectivity index (χ4v) is 4.69. The number of methoxy groups -OCH3 is 1. The maximum Gasteiger partial charge on any atom is 0.410 e. The third kappa shape index (κ3) is 8.21. The minimum absolute atomic E-state index is 0.0942. The lowest BCUT2D eigenvalue weighted by Gasteiger charge is -2.38. The number of carbonyl (C=O) groups is 3. The number of rotatable bonds is 7. The van der Waals surface area contributed by atoms with Crippen molar-refractivity contribution in [2.75, 3.05) is 40.2 Å². The summed E-state index contributed by atoms with van der Waals surface area (Å²) in [4.78, 5) is 40.4. The molecule has 1 unspecified atom stereocenters. The number of piperidine rings is 1. The molecule has 34 heavy (non-hydrogen) atoms. The highest BCUT2D eigenvalue weighted by Gasteiger charge is 2.35. The average Bonchev–Trinajstić information content (AvgIpc) is 2.74. The lowest BCUT2D eigenvalue weighted by Crippen LogP contribution is -2.43. The topological polar surface area (TPSA) is 85.4 Å². The van der Waals surface area contributed by atoms with Crippen LogP contribution in [0.5, 0.6) is 0 Å². The van der Waals surface area contributed by atoms with Crippen LogP contribution in [-0.4, -0.2) is 78.9 Å². The van der Waals surface area contributed by atoms with Gasteiger partial charge in [-0.05, 0) is 44.4 Å². The van der Waals surface area contributed by atoms with Gasteiger partial charge in [0, 0.05) is 43.5 Å². The summed E-state index contributed by atoms with van der Waals surface area (Å²) in [5.41, 5.74) is 0.768. The summed E-state index contributed by atoms with van der Waals surface area (Å²) in [6, 6.07) is 6.41. The molecule has 2 rings (SSSR count). The number of ether oxygens (including phenoxy) is 3. The number of halogens is 1. The number of carbonyl (C=O) groups excluding carboxylic acids is 3. The van der Waals surface area contributed by atoms with Gasteiger partial charge in [0.1, 0.15) is 17.6 Å². The molecule has 8 nitrogen and oxygen atoms in total. The highest BCUT2D eigenvalue weighted by atomic mass is 35.5. The van der Waals surface area contributed by atoms with E-state index >= 15 is 0 Å². The summed E-state index contributed by atoms with van der Waals surface area (Å²) in [6.45, 7) is 6.27. The quantitative estimate of drug-likeness (QED) is 0.231. The van der Waals surface area contributed by atoms with Crippen molar-refractivity contribution in [1.82, 2.24) is 9.80 Å². The van der Waals surface area contributed by atoms with Gasteiger partial charge < -0.3 is 19.1 Å². The molecule has 1 aromatic rings. The first-order valence-electron chi connectivity index (χ1n) is 10.9. The lowest BCUT2D eigenvalue weighted by atomic mass is 9.98. The smallest absolute Gasteiger partial charge is 0.410 e. The maximum absolute atomic E-state index is 12.8. The number of hydrogen-bond donors (Lipinski definition) is 0. The van der Waals surface area contributed by atoms with Gasteiger partial charge in [0.15, 0.2) is 0 Å². The number of esters is 2. The van der Waals surface area contributed by atoms with Crippen LogP contribution in [0.3, 0.4) is 0 Å². The second kappa shape index (κ2) is 12.5. The monoisotopic (exact) mass is 512 g/mol. The van der Waals surface area contributed by atoms with Gasteiger partial charge in [0.05, 0.1) is 7.11 Å². The predicted molar refractivity (Wildman–Crippen MR) is 133 cm³/mol. The van der Waals surface area contributed by atoms with Crippen molar-refractivity contribution in [3.05, 3.63) is 46.5 Å². The van der Waals surface area contributed by atoms with Crippen molar-refractivity contribution in [1.29, 1.82) is 0 Å². The maximum atomic E-state index is 12.8. The Morgan fingerprint density at radius 1 is 1.26 bits per heavy atom. The Bertz CT molecular complexity index is 915. The van der Waals surface area contributed by atoms with Crippen molar-refractivity contribution < 1.29 is 28.6 Å². The fraction of sp³-hybridized carbons (Fsp3) is 0.542. The molecule has 1 heterocycles. The van der Waals surface area contributed by atoms with Gasteiger partial charge in [-0.2, -0.15) is 0 Å². The summed E-state index contributed by atoms with van der Waals surface area (Å²) < 4.78 is 15.8. The third-order valence-electron chi connectivity index (χ3n) is 4.99. The van der Waals surface area contributed by atoms with Crippen LogP contribution in [0.4, 0.5) is 4.79 Å². The zero-order valence-electron chi connectivity index (χ0n) is 20.5. The standard InChI is InChI=1S/C24H33ClN2O6S/c1-24(2,3)33-20(28)13-16-14-27(12-11-19(16)34-15-32-23(30)26(4)5)21(22(29)31-6)17-9-7-8-10-18(17)25/h7-10,13,19,21H,11-12,14-15H2,1-6H3/b16-13-/t19?,21-/m0/s1. The van der Waals surface area contributed by atoms with Crippen molar-refractivity contribution in [2.24, 2.45) is 0 Å². The van der Waals surface area contributed by atoms with Gasteiger partial charge in [0.25, 0.3) is 0 Å². The normalized spacial score (nSPS) is 18.8. The SMILES string of the molecule is COC(=O)[C@H](c1ccccc1Cl)N1CCC(SCOC(=O)N(C)C)/C(=C\C(=O)OC(C)(C)C)C1. The van der Waals surface area contributed by atoms with E-state index in [1.165, 1.54) is 29.8 Å². The Labute approximate surface area is 210 Å². The number of benzene rings is 1. The number of thioether (sulfide) groups is 1. The molecule has 0 N–H and O–H groups in total. The third-order valence-corrected chi connectivity index (χ3v) is 6.53. The molecule has 1 amide bonds. The Kier molecular flexibility index (Phi) is 10.3. The highest BCUT2D eigenvalue weighted by Crippen LogP contribution is 2.35. The van der Waals surface area contributed by atoms with Crippen molar-refractivity contribution in [3.63, 3.8) is 0 Å². The van der Waals surface area contributed by atoms with E-state index in [4.69, 9.17) is 25.8 Å². The lowest BCUT2D eigenvalue weighted by molar-refractivity contribution is -0.148. The van der Waals surface area contributed by atoms with Gasteiger partial charge in [-0.15, -0.1) is 11.8 Å². The van der Waals surface area contributed by atoms with E-state index in [2.05, 4.69) is 0 Å². The molecule has 1 aliphatic rings. The summed E-state index contributed by atoms with van der Waals surface area (Å²) >= 11 is 7.83. The molecular formula is C24H33ClN2O6S. The zero-order valence-corrected chi connectivity index (χ0v) is 22.1. The fourth-order valence-electron chi connectivity index (χ4n) is 3.49. The van der Waals surface area contributed by atoms with Crippen LogP contribution < -0.4 is 0 Å². The molecule has 0 aliphatic carbocycles. The second-order valence-corrected chi connectivity index (χ2v) is 10.6. The summed E-state index contributed by atoms with van der Waals surface area (Å²) in [6.07, 6.45) is 1.66. The first-order chi connectivity index (χ1) is 15.9. The van der Waals surface area contributed by atoms with Crippen LogP contribution in [0.15, 0.2) is 35.9 Å². The molecule has 188 valence electrons. The summed E-state index contributed by atoms with van der Waals surface area (Å²) in [5, 5.41) is 0.367. The molecule has 2 atom stereocenters. The molecule has 1 fully saturated rings. The molecular weight excluding hydrogens is 480 g/mol. The van der Waals surface area contributed by atoms with E-state index in [1.54, 1.807) is 53.1 Å². The van der Waals surface area contributed by atoms with E-state index in [0.717, 1.165) is 5.57 Å². The number of nitrogens with zero attached hydrogens (tertiary/aromatic N) is 2. The Morgan fingerprint density at radius 3 is 2.53 bits per heavy atom. The number of hydrogen-bond acceptors (Lipinski definition) is 8. The van der Waals surface area contributed by atoms with Crippen LogP contribution >= 0.6 is 23.4 Å². The average molecular weight is 513 g/mol. The number of amides is 1. The Hall–Kier alpha value is -2.23. The Balaban J connectivity index is 2.29. The second-order valence-electron chi connectivity index (χ2n) is 9.04. The predicted octanol–water partition coefficient (Wildman–Crippen LogP) is 4.29. The van der Waals surface area contributed by atoms with E-state index in [0.29, 0.717) is 30.1 Å². The molecule has 1 aromatic carbocycles. The minimum atomic E-state index is -0.724. The van der Waals surface area contributed by atoms with Crippen molar-refractivity contribution >= 4 is 41.4 Å². The summed E-state index contributed by atoms with van der Waals surface area (Å²) in [7, 11) is 4.56. The van der Waals surface area contributed by atoms with Crippen molar-refractivity contribution in [3.8, 4) is 0 Å². The van der Waals surface area contributed by atoms with E-state index in [-0.39, 0.29) is 11.2 Å². The molecule has 0 aromatic heterocycles. The molecule has 10 heteroatoms. The first kappa shape index (κ1) is 28.0. The zero-order chi connectivity index (χ0) is 25.5. The molecule has 0 spiro atoms. The van der Waals surface area contributed by atoms with Crippen LogP contribution in [0.1, 0.15) is 38.8 Å². The first-order valence-corrected chi connectivity index (χ1v) is 12.3. The summed E-state index contributed by atoms with van der Waals surface area (Å²) in [5.74, 6) is -0.763. The van der Waals surface area contributed by atoms with E-state index in [1.807, 2.05) is 11.0 Å². The highest BCUT2D eigenvalue weighted by molar-refractivity contribution is 7.99. The van der Waals surface area contributed by atoms with Crippen LogP contribution in [-0.2, 0) is 23.8 Å². The van der Waals surface area contributed by atoms with Crippen molar-refractivity contribution in [2.45, 2.75) is 44.1 Å². The van der Waals surface area contributed by atoms with Crippen LogP contribution in [0, 0.1) is 0 Å². The largest absolute Gasteiger partial charge is 0.468 e. The molecule has 1 saturated heterocycles. The van der Waals surface area contributed by atoms with Gasteiger partial charge in [0.2, 0.25) is 0 Å². The molecule has 0 saturated carbocycles. The van der Waals surface area contributed by atoms with E-state index < -0.39 is 29.7 Å². The van der Waals surface area contributed by atoms with Crippen LogP contribution in [0.2, 0.25) is 5.02 Å².